The second-order valence-corrected chi connectivity index (χ2v) is 11.1. The second-order valence-electron chi connectivity index (χ2n) is 9.32. The lowest BCUT2D eigenvalue weighted by molar-refractivity contribution is -0.165. The minimum absolute atomic E-state index is 0.0281. The van der Waals surface area contributed by atoms with Crippen molar-refractivity contribution in [3.8, 4) is 22.8 Å². The Kier molecular flexibility index (Phi) is 6.08. The molecule has 2 aromatic carbocycles. The molecule has 0 spiro atoms. The first kappa shape index (κ1) is 25.4. The minimum Gasteiger partial charge on any atom is -0.418 e. The number of carbonyl (C=O) groups excluding carboxylic acids is 1. The van der Waals surface area contributed by atoms with Gasteiger partial charge in [0.25, 0.3) is 11.8 Å². The Morgan fingerprint density at radius 1 is 1.11 bits per heavy atom. The van der Waals surface area contributed by atoms with E-state index in [1.165, 1.54) is 0 Å². The van der Waals surface area contributed by atoms with Crippen LogP contribution in [0.15, 0.2) is 51.4 Å². The predicted octanol–water partition coefficient (Wildman–Crippen LogP) is 7.60. The van der Waals surface area contributed by atoms with Crippen LogP contribution in [-0.2, 0) is 5.41 Å². The van der Waals surface area contributed by atoms with E-state index in [0.717, 1.165) is 17.3 Å². The van der Waals surface area contributed by atoms with Gasteiger partial charge in [-0.25, -0.2) is 0 Å². The fourth-order valence-corrected chi connectivity index (χ4v) is 5.15. The summed E-state index contributed by atoms with van der Waals surface area (Å²) in [4.78, 5) is 15.8. The Balaban J connectivity index is 1.49. The zero-order chi connectivity index (χ0) is 26.8. The van der Waals surface area contributed by atoms with E-state index < -0.39 is 23.4 Å². The average Bonchev–Trinajstić information content (AvgIpc) is 3.78. The molecule has 2 saturated carbocycles. The summed E-state index contributed by atoms with van der Waals surface area (Å²) in [7, 11) is 0. The lowest BCUT2D eigenvalue weighted by Crippen LogP contribution is -2.33. The van der Waals surface area contributed by atoms with Crippen LogP contribution in [0, 0.1) is 0 Å². The molecular weight excluding hydrogens is 610 g/mol. The molecule has 0 unspecified atom stereocenters. The summed E-state index contributed by atoms with van der Waals surface area (Å²) < 4.78 is 47.4. The molecule has 1 amide bonds. The third-order valence-corrected chi connectivity index (χ3v) is 7.81. The van der Waals surface area contributed by atoms with Crippen molar-refractivity contribution in [1.82, 2.24) is 20.4 Å². The molecule has 1 N–H and O–H groups in total. The van der Waals surface area contributed by atoms with Crippen molar-refractivity contribution in [2.24, 2.45) is 0 Å². The van der Waals surface area contributed by atoms with E-state index in [0.29, 0.717) is 16.3 Å². The van der Waals surface area contributed by atoms with Crippen molar-refractivity contribution < 1.29 is 22.4 Å². The van der Waals surface area contributed by atoms with Gasteiger partial charge in [-0.2, -0.15) is 18.3 Å². The van der Waals surface area contributed by atoms with Crippen molar-refractivity contribution in [2.45, 2.75) is 43.3 Å². The third-order valence-electron chi connectivity index (χ3n) is 6.74. The van der Waals surface area contributed by atoms with Crippen LogP contribution in [0.5, 0.6) is 0 Å². The number of hydrogen-bond donors (Lipinski definition) is 1. The first-order valence-electron chi connectivity index (χ1n) is 11.6. The molecule has 7 nitrogen and oxygen atoms in total. The maximum absolute atomic E-state index is 14.3. The van der Waals surface area contributed by atoms with Crippen molar-refractivity contribution >= 4 is 50.7 Å². The van der Waals surface area contributed by atoms with Gasteiger partial charge in [0, 0.05) is 21.1 Å². The van der Waals surface area contributed by atoms with E-state index in [9.17, 15) is 18.0 Å². The number of nitrogens with zero attached hydrogens (tertiary/aromatic N) is 4. The Bertz CT molecular complexity index is 1550. The molecule has 2 aliphatic rings. The number of H-pyrrole nitrogens is 1. The van der Waals surface area contributed by atoms with Crippen LogP contribution < -0.4 is 4.90 Å². The quantitative estimate of drug-likeness (QED) is 0.238. The van der Waals surface area contributed by atoms with Crippen LogP contribution in [-0.4, -0.2) is 38.5 Å². The molecule has 0 atom stereocenters. The molecule has 0 aliphatic heterocycles. The van der Waals surface area contributed by atoms with E-state index in [2.05, 4.69) is 36.3 Å². The number of aromatic nitrogens is 4. The summed E-state index contributed by atoms with van der Waals surface area (Å²) in [6.45, 7) is 0. The lowest BCUT2D eigenvalue weighted by Gasteiger charge is -2.24. The summed E-state index contributed by atoms with van der Waals surface area (Å²) in [5.74, 6) is -1.25. The van der Waals surface area contributed by atoms with Crippen molar-refractivity contribution in [3.05, 3.63) is 68.4 Å². The zero-order valence-corrected chi connectivity index (χ0v) is 22.4. The Labute approximate surface area is 232 Å². The van der Waals surface area contributed by atoms with Gasteiger partial charge >= 0.3 is 6.18 Å². The number of halogens is 6. The SMILES string of the molecule is O=C(c1c(-c2ccc(Br)cc2)n[nH]c1-c1nnc(C2(C(F)(F)F)CC2)o1)N(c1ccc(Cl)cc1Cl)C1CC1. The molecule has 0 radical (unpaired) electrons. The van der Waals surface area contributed by atoms with Gasteiger partial charge in [-0.3, -0.25) is 9.89 Å². The summed E-state index contributed by atoms with van der Waals surface area (Å²) in [6, 6.07) is 11.8. The van der Waals surface area contributed by atoms with E-state index in [1.54, 1.807) is 47.4 Å². The molecule has 196 valence electrons. The van der Waals surface area contributed by atoms with Crippen LogP contribution in [0.25, 0.3) is 22.8 Å². The van der Waals surface area contributed by atoms with Gasteiger partial charge in [0.1, 0.15) is 16.8 Å². The topological polar surface area (TPSA) is 87.9 Å². The van der Waals surface area contributed by atoms with Crippen LogP contribution in [0.3, 0.4) is 0 Å². The first-order valence-corrected chi connectivity index (χ1v) is 13.2. The largest absolute Gasteiger partial charge is 0.418 e. The number of rotatable bonds is 6. The smallest absolute Gasteiger partial charge is 0.403 e. The van der Waals surface area contributed by atoms with E-state index in [4.69, 9.17) is 27.6 Å². The average molecular weight is 627 g/mol. The molecule has 2 fully saturated rings. The summed E-state index contributed by atoms with van der Waals surface area (Å²) >= 11 is 16.0. The summed E-state index contributed by atoms with van der Waals surface area (Å²) in [5, 5.41) is 15.4. The molecule has 2 aromatic heterocycles. The fourth-order valence-electron chi connectivity index (χ4n) is 4.38. The van der Waals surface area contributed by atoms with Crippen molar-refractivity contribution in [1.29, 1.82) is 0 Å². The number of aromatic amines is 1. The zero-order valence-electron chi connectivity index (χ0n) is 19.3. The molecular formula is C25H17BrCl2F3N5O2. The molecule has 0 saturated heterocycles. The van der Waals surface area contributed by atoms with Gasteiger partial charge < -0.3 is 9.32 Å². The molecule has 2 heterocycles. The number of amides is 1. The number of anilines is 1. The molecule has 2 aliphatic carbocycles. The summed E-state index contributed by atoms with van der Waals surface area (Å²) in [6.07, 6.45) is -3.29. The van der Waals surface area contributed by atoms with E-state index >= 15 is 0 Å². The van der Waals surface area contributed by atoms with Gasteiger partial charge in [0.2, 0.25) is 5.89 Å². The van der Waals surface area contributed by atoms with Crippen LogP contribution in [0.4, 0.5) is 18.9 Å². The number of carbonyl (C=O) groups is 1. The van der Waals surface area contributed by atoms with Gasteiger partial charge in [-0.05, 0) is 56.0 Å². The minimum atomic E-state index is -4.53. The van der Waals surface area contributed by atoms with Gasteiger partial charge in [0.05, 0.1) is 16.3 Å². The Hall–Kier alpha value is -2.89. The number of nitrogens with one attached hydrogen (secondary N) is 1. The highest BCUT2D eigenvalue weighted by Gasteiger charge is 2.68. The number of hydrogen-bond acceptors (Lipinski definition) is 5. The van der Waals surface area contributed by atoms with Crippen molar-refractivity contribution in [3.63, 3.8) is 0 Å². The Morgan fingerprint density at radius 2 is 1.82 bits per heavy atom. The second kappa shape index (κ2) is 9.10. The summed E-state index contributed by atoms with van der Waals surface area (Å²) in [5.41, 5.74) is -0.709. The van der Waals surface area contributed by atoms with Gasteiger partial charge in [0.15, 0.2) is 0 Å². The Morgan fingerprint density at radius 3 is 2.42 bits per heavy atom. The maximum Gasteiger partial charge on any atom is 0.403 e. The normalized spacial score (nSPS) is 16.5. The number of alkyl halides is 3. The molecule has 0 bridgehead atoms. The van der Waals surface area contributed by atoms with Crippen molar-refractivity contribution in [2.75, 3.05) is 4.90 Å². The molecule has 4 aromatic rings. The third kappa shape index (κ3) is 4.30. The van der Waals surface area contributed by atoms with Crippen LogP contribution >= 0.6 is 39.1 Å². The van der Waals surface area contributed by atoms with Gasteiger partial charge in [-0.15, -0.1) is 10.2 Å². The number of benzene rings is 2. The van der Waals surface area contributed by atoms with E-state index in [-0.39, 0.29) is 46.7 Å². The standard InChI is InChI=1S/C25H17BrCl2F3N5O2/c26-13-3-1-12(2-4-13)19-18(22(37)36(15-6-7-15)17-8-5-14(27)11-16(17)28)20(33-32-19)21-34-35-23(38-21)24(9-10-24)25(29,30)31/h1-5,8,11,15H,6-7,9-10H2,(H,32,33). The lowest BCUT2D eigenvalue weighted by atomic mass is 10.0. The van der Waals surface area contributed by atoms with Crippen LogP contribution in [0.1, 0.15) is 41.9 Å². The maximum atomic E-state index is 14.3. The van der Waals surface area contributed by atoms with Gasteiger partial charge in [-0.1, -0.05) is 51.3 Å². The molecule has 6 rings (SSSR count). The fraction of sp³-hybridized carbons (Fsp3) is 0.280. The highest BCUT2D eigenvalue weighted by Crippen LogP contribution is 2.58. The molecule has 13 heteroatoms. The highest BCUT2D eigenvalue weighted by molar-refractivity contribution is 9.10. The van der Waals surface area contributed by atoms with E-state index in [1.807, 2.05) is 0 Å². The monoisotopic (exact) mass is 625 g/mol. The first-order chi connectivity index (χ1) is 18.1. The highest BCUT2D eigenvalue weighted by atomic mass is 79.9. The molecule has 38 heavy (non-hydrogen) atoms. The van der Waals surface area contributed by atoms with Crippen LogP contribution in [0.2, 0.25) is 10.0 Å². The predicted molar refractivity (Wildman–Crippen MR) is 138 cm³/mol.